The minimum absolute atomic E-state index is 0.138. The van der Waals surface area contributed by atoms with Crippen molar-refractivity contribution in [1.82, 2.24) is 10.2 Å². The van der Waals surface area contributed by atoms with Gasteiger partial charge in [0.1, 0.15) is 0 Å². The van der Waals surface area contributed by atoms with Crippen molar-refractivity contribution in [1.29, 1.82) is 0 Å². The SMILES string of the molecule is O=C(NCc1ccc(Cl)s1)c1ccccc1SCC(=O)N1CCCC1. The van der Waals surface area contributed by atoms with Crippen LogP contribution in [0, 0.1) is 0 Å². The topological polar surface area (TPSA) is 49.4 Å². The Bertz CT molecular complexity index is 757. The van der Waals surface area contributed by atoms with E-state index in [0.717, 1.165) is 35.7 Å². The van der Waals surface area contributed by atoms with Gasteiger partial charge in [0.05, 0.1) is 22.2 Å². The summed E-state index contributed by atoms with van der Waals surface area (Å²) in [5.41, 5.74) is 0.601. The van der Waals surface area contributed by atoms with Crippen molar-refractivity contribution in [2.45, 2.75) is 24.3 Å². The van der Waals surface area contributed by atoms with Crippen LogP contribution in [0.15, 0.2) is 41.3 Å². The maximum atomic E-state index is 12.5. The third-order valence-corrected chi connectivity index (χ3v) is 6.28. The first-order valence-corrected chi connectivity index (χ1v) is 10.3. The quantitative estimate of drug-likeness (QED) is 0.752. The van der Waals surface area contributed by atoms with Gasteiger partial charge in [0.25, 0.3) is 5.91 Å². The second-order valence-electron chi connectivity index (χ2n) is 5.76. The predicted octanol–water partition coefficient (Wildman–Crippen LogP) is 4.05. The van der Waals surface area contributed by atoms with Crippen LogP contribution in [0.2, 0.25) is 4.34 Å². The lowest BCUT2D eigenvalue weighted by Crippen LogP contribution is -2.29. The lowest BCUT2D eigenvalue weighted by atomic mass is 10.2. The zero-order chi connectivity index (χ0) is 17.6. The van der Waals surface area contributed by atoms with Gasteiger partial charge in [0.15, 0.2) is 0 Å². The predicted molar refractivity (Wildman–Crippen MR) is 103 cm³/mol. The maximum Gasteiger partial charge on any atom is 0.252 e. The number of carbonyl (C=O) groups is 2. The molecule has 7 heteroatoms. The van der Waals surface area contributed by atoms with Crippen LogP contribution in [-0.4, -0.2) is 35.6 Å². The molecule has 2 heterocycles. The second kappa shape index (κ2) is 8.74. The maximum absolute atomic E-state index is 12.5. The van der Waals surface area contributed by atoms with Crippen molar-refractivity contribution in [2.75, 3.05) is 18.8 Å². The monoisotopic (exact) mass is 394 g/mol. The Morgan fingerprint density at radius 2 is 1.92 bits per heavy atom. The molecule has 1 saturated heterocycles. The molecule has 0 aliphatic carbocycles. The minimum atomic E-state index is -0.138. The van der Waals surface area contributed by atoms with Crippen LogP contribution >= 0.6 is 34.7 Å². The number of hydrogen-bond acceptors (Lipinski definition) is 4. The number of rotatable bonds is 6. The first-order valence-electron chi connectivity index (χ1n) is 8.15. The summed E-state index contributed by atoms with van der Waals surface area (Å²) in [6.07, 6.45) is 2.17. The van der Waals surface area contributed by atoms with Gasteiger partial charge < -0.3 is 10.2 Å². The fourth-order valence-electron chi connectivity index (χ4n) is 2.69. The van der Waals surface area contributed by atoms with E-state index in [1.165, 1.54) is 23.1 Å². The van der Waals surface area contributed by atoms with Crippen LogP contribution in [0.4, 0.5) is 0 Å². The van der Waals surface area contributed by atoms with Crippen LogP contribution in [0.25, 0.3) is 0 Å². The van der Waals surface area contributed by atoms with Gasteiger partial charge in [-0.25, -0.2) is 0 Å². The van der Waals surface area contributed by atoms with Crippen LogP contribution in [0.3, 0.4) is 0 Å². The molecule has 25 heavy (non-hydrogen) atoms. The van der Waals surface area contributed by atoms with Gasteiger partial charge in [-0.3, -0.25) is 9.59 Å². The van der Waals surface area contributed by atoms with Gasteiger partial charge in [-0.1, -0.05) is 23.7 Å². The van der Waals surface area contributed by atoms with Crippen molar-refractivity contribution < 1.29 is 9.59 Å². The third kappa shape index (κ3) is 5.00. The Morgan fingerprint density at radius 3 is 2.64 bits per heavy atom. The van der Waals surface area contributed by atoms with E-state index in [2.05, 4.69) is 5.32 Å². The van der Waals surface area contributed by atoms with E-state index in [9.17, 15) is 9.59 Å². The van der Waals surface area contributed by atoms with E-state index >= 15 is 0 Å². The Kier molecular flexibility index (Phi) is 6.39. The highest BCUT2D eigenvalue weighted by Crippen LogP contribution is 2.25. The number of carbonyl (C=O) groups excluding carboxylic acids is 2. The zero-order valence-electron chi connectivity index (χ0n) is 13.7. The number of nitrogens with zero attached hydrogens (tertiary/aromatic N) is 1. The molecule has 0 atom stereocenters. The molecule has 132 valence electrons. The summed E-state index contributed by atoms with van der Waals surface area (Å²) >= 11 is 8.79. The van der Waals surface area contributed by atoms with Gasteiger partial charge in [-0.05, 0) is 37.1 Å². The fraction of sp³-hybridized carbons (Fsp3) is 0.333. The molecule has 1 aromatic carbocycles. The smallest absolute Gasteiger partial charge is 0.252 e. The number of thiophene rings is 1. The molecule has 2 amide bonds. The standard InChI is InChI=1S/C18H19ClN2O2S2/c19-16-8-7-13(25-16)11-20-18(23)14-5-1-2-6-15(14)24-12-17(22)21-9-3-4-10-21/h1-2,5-8H,3-4,9-12H2,(H,20,23). The summed E-state index contributed by atoms with van der Waals surface area (Å²) in [6.45, 7) is 2.15. The molecule has 0 radical (unpaired) electrons. The van der Waals surface area contributed by atoms with E-state index < -0.39 is 0 Å². The summed E-state index contributed by atoms with van der Waals surface area (Å²) in [7, 11) is 0. The highest BCUT2D eigenvalue weighted by Gasteiger charge is 2.19. The molecule has 1 N–H and O–H groups in total. The Hall–Kier alpha value is -1.50. The summed E-state index contributed by atoms with van der Waals surface area (Å²) in [6, 6.07) is 11.1. The number of amides is 2. The molecular weight excluding hydrogens is 376 g/mol. The Morgan fingerprint density at radius 1 is 1.16 bits per heavy atom. The minimum Gasteiger partial charge on any atom is -0.347 e. The summed E-state index contributed by atoms with van der Waals surface area (Å²) in [5.74, 6) is 0.373. The van der Waals surface area contributed by atoms with Crippen LogP contribution in [0.1, 0.15) is 28.1 Å². The lowest BCUT2D eigenvalue weighted by Gasteiger charge is -2.15. The molecule has 1 aromatic heterocycles. The summed E-state index contributed by atoms with van der Waals surface area (Å²) in [5, 5.41) is 2.92. The first-order chi connectivity index (χ1) is 12.1. The van der Waals surface area contributed by atoms with E-state index in [4.69, 9.17) is 11.6 Å². The molecule has 1 aliphatic heterocycles. The van der Waals surface area contributed by atoms with Gasteiger partial charge in [0, 0.05) is 22.9 Å². The van der Waals surface area contributed by atoms with Gasteiger partial charge >= 0.3 is 0 Å². The Balaban J connectivity index is 1.59. The molecule has 3 rings (SSSR count). The van der Waals surface area contributed by atoms with Crippen molar-refractivity contribution in [3.8, 4) is 0 Å². The van der Waals surface area contributed by atoms with Gasteiger partial charge in [-0.15, -0.1) is 23.1 Å². The largest absolute Gasteiger partial charge is 0.347 e. The average Bonchev–Trinajstić information content (AvgIpc) is 3.29. The van der Waals surface area contributed by atoms with E-state index in [0.29, 0.717) is 22.2 Å². The number of likely N-dealkylation sites (tertiary alicyclic amines) is 1. The summed E-state index contributed by atoms with van der Waals surface area (Å²) in [4.78, 5) is 28.4. The Labute approximate surface area is 160 Å². The third-order valence-electron chi connectivity index (χ3n) is 3.99. The number of halogens is 1. The molecule has 2 aromatic rings. The van der Waals surface area contributed by atoms with Crippen molar-refractivity contribution >= 4 is 46.5 Å². The molecule has 0 saturated carbocycles. The number of nitrogens with one attached hydrogen (secondary N) is 1. The van der Waals surface area contributed by atoms with E-state index in [-0.39, 0.29) is 11.8 Å². The molecule has 0 unspecified atom stereocenters. The average molecular weight is 395 g/mol. The van der Waals surface area contributed by atoms with Gasteiger partial charge in [-0.2, -0.15) is 0 Å². The van der Waals surface area contributed by atoms with Crippen LogP contribution < -0.4 is 5.32 Å². The van der Waals surface area contributed by atoms with E-state index in [1.807, 2.05) is 35.2 Å². The molecular formula is C18H19ClN2O2S2. The molecule has 4 nitrogen and oxygen atoms in total. The summed E-state index contributed by atoms with van der Waals surface area (Å²) < 4.78 is 0.709. The van der Waals surface area contributed by atoms with Crippen molar-refractivity contribution in [3.05, 3.63) is 51.2 Å². The van der Waals surface area contributed by atoms with Gasteiger partial charge in [0.2, 0.25) is 5.91 Å². The van der Waals surface area contributed by atoms with Crippen molar-refractivity contribution in [3.63, 3.8) is 0 Å². The highest BCUT2D eigenvalue weighted by atomic mass is 35.5. The fourth-order valence-corrected chi connectivity index (χ4v) is 4.67. The van der Waals surface area contributed by atoms with Crippen molar-refractivity contribution in [2.24, 2.45) is 0 Å². The molecule has 0 bridgehead atoms. The number of benzene rings is 1. The highest BCUT2D eigenvalue weighted by molar-refractivity contribution is 8.00. The van der Waals surface area contributed by atoms with Crippen LogP contribution in [-0.2, 0) is 11.3 Å². The number of thioether (sulfide) groups is 1. The molecule has 1 fully saturated rings. The number of hydrogen-bond donors (Lipinski definition) is 1. The van der Waals surface area contributed by atoms with E-state index in [1.54, 1.807) is 6.07 Å². The lowest BCUT2D eigenvalue weighted by molar-refractivity contribution is -0.127. The molecule has 1 aliphatic rings. The normalized spacial score (nSPS) is 13.9. The second-order valence-corrected chi connectivity index (χ2v) is 8.58. The molecule has 0 spiro atoms. The van der Waals surface area contributed by atoms with Crippen LogP contribution in [0.5, 0.6) is 0 Å². The zero-order valence-corrected chi connectivity index (χ0v) is 16.1. The first kappa shape index (κ1) is 18.3.